The van der Waals surface area contributed by atoms with Gasteiger partial charge in [-0.1, -0.05) is 47.1 Å². The molecule has 5 aliphatic rings. The molecule has 45 heavy (non-hydrogen) atoms. The molecule has 9 nitrogen and oxygen atoms in total. The summed E-state index contributed by atoms with van der Waals surface area (Å²) >= 11 is 0. The second-order valence-electron chi connectivity index (χ2n) is 17.7. The zero-order valence-electron chi connectivity index (χ0n) is 28.4. The fraction of sp³-hybridized carbons (Fsp3) is 0.861. The minimum absolute atomic E-state index is 0.00812. The Morgan fingerprint density at radius 2 is 1.44 bits per heavy atom. The average Bonchev–Trinajstić information content (AvgIpc) is 2.95. The van der Waals surface area contributed by atoms with Gasteiger partial charge < -0.3 is 30.6 Å². The fourth-order valence-corrected chi connectivity index (χ4v) is 11.6. The van der Waals surface area contributed by atoms with Gasteiger partial charge in [0.1, 0.15) is 23.9 Å². The van der Waals surface area contributed by atoms with Crippen LogP contribution in [0.4, 0.5) is 0 Å². The van der Waals surface area contributed by atoms with E-state index in [0.29, 0.717) is 32.1 Å². The maximum absolute atomic E-state index is 14.6. The molecule has 9 heteroatoms. The highest BCUT2D eigenvalue weighted by atomic mass is 16.4. The van der Waals surface area contributed by atoms with Crippen molar-refractivity contribution < 1.29 is 45.0 Å². The first-order chi connectivity index (χ1) is 20.5. The van der Waals surface area contributed by atoms with Crippen molar-refractivity contribution in [3.8, 4) is 0 Å². The molecule has 5 rings (SSSR count). The van der Waals surface area contributed by atoms with E-state index in [1.54, 1.807) is 13.8 Å². The highest BCUT2D eigenvalue weighted by Gasteiger charge is 2.73. The van der Waals surface area contributed by atoms with Gasteiger partial charge in [0.15, 0.2) is 11.6 Å². The highest BCUT2D eigenvalue weighted by Crippen LogP contribution is 2.75. The van der Waals surface area contributed by atoms with E-state index in [9.17, 15) is 45.0 Å². The number of carboxylic acids is 1. The SMILES string of the molecule is C[C@@H](O)[C@@H](O)[C@H](O)[C@@H](O)C(=O)[C@]1(O)CC[C@@]2(C)C(CC[C@]3(C)[C@@H]2C(=O)C=C2[C@H]4C[C@@](C)(C(=O)O)CC[C@]4(C)CC[C@]23C)C1(C)C. The minimum Gasteiger partial charge on any atom is -0.481 e. The molecule has 5 aliphatic carbocycles. The summed E-state index contributed by atoms with van der Waals surface area (Å²) in [7, 11) is 0. The number of hydrogen-bond donors (Lipinski definition) is 6. The third kappa shape index (κ3) is 4.46. The second kappa shape index (κ2) is 10.4. The Bertz CT molecular complexity index is 1300. The van der Waals surface area contributed by atoms with Gasteiger partial charge in [0, 0.05) is 11.3 Å². The van der Waals surface area contributed by atoms with Crippen LogP contribution in [0.25, 0.3) is 0 Å². The average molecular weight is 633 g/mol. The van der Waals surface area contributed by atoms with Crippen molar-refractivity contribution in [3.63, 3.8) is 0 Å². The second-order valence-corrected chi connectivity index (χ2v) is 17.7. The van der Waals surface area contributed by atoms with Crippen molar-refractivity contribution in [1.29, 1.82) is 0 Å². The van der Waals surface area contributed by atoms with E-state index in [-0.39, 0.29) is 40.8 Å². The lowest BCUT2D eigenvalue weighted by Crippen LogP contribution is -2.71. The summed E-state index contributed by atoms with van der Waals surface area (Å²) in [5, 5.41) is 63.4. The molecule has 0 aromatic rings. The van der Waals surface area contributed by atoms with Crippen LogP contribution in [0.1, 0.15) is 113 Å². The lowest BCUT2D eigenvalue weighted by Gasteiger charge is -2.71. The Hall–Kier alpha value is -1.65. The normalized spacial score (nSPS) is 48.3. The summed E-state index contributed by atoms with van der Waals surface area (Å²) < 4.78 is 0. The molecule has 0 amide bonds. The summed E-state index contributed by atoms with van der Waals surface area (Å²) in [6.07, 6.45) is 0.167. The number of hydrogen-bond acceptors (Lipinski definition) is 8. The maximum atomic E-state index is 14.6. The van der Waals surface area contributed by atoms with Crippen molar-refractivity contribution in [2.75, 3.05) is 0 Å². The van der Waals surface area contributed by atoms with Gasteiger partial charge in [0.2, 0.25) is 0 Å². The topological polar surface area (TPSA) is 173 Å². The molecular formula is C36H56O9. The summed E-state index contributed by atoms with van der Waals surface area (Å²) in [6.45, 7) is 15.6. The van der Waals surface area contributed by atoms with Crippen LogP contribution in [0.2, 0.25) is 0 Å². The maximum Gasteiger partial charge on any atom is 0.309 e. The van der Waals surface area contributed by atoms with E-state index in [1.165, 1.54) is 6.92 Å². The largest absolute Gasteiger partial charge is 0.481 e. The Kier molecular flexibility index (Phi) is 8.03. The zero-order chi connectivity index (χ0) is 33.9. The molecule has 4 fully saturated rings. The molecule has 0 aromatic carbocycles. The lowest BCUT2D eigenvalue weighted by atomic mass is 9.32. The van der Waals surface area contributed by atoms with Gasteiger partial charge in [-0.2, -0.15) is 0 Å². The van der Waals surface area contributed by atoms with Crippen LogP contribution >= 0.6 is 0 Å². The first kappa shape index (κ1) is 34.7. The summed E-state index contributed by atoms with van der Waals surface area (Å²) in [5.41, 5.74) is -4.18. The van der Waals surface area contributed by atoms with Gasteiger partial charge in [-0.25, -0.2) is 0 Å². The third-order valence-electron chi connectivity index (χ3n) is 15.2. The number of rotatable bonds is 6. The molecular weight excluding hydrogens is 576 g/mol. The predicted octanol–water partition coefficient (Wildman–Crippen LogP) is 3.82. The minimum atomic E-state index is -2.10. The first-order valence-electron chi connectivity index (χ1n) is 17.0. The summed E-state index contributed by atoms with van der Waals surface area (Å²) in [6, 6.07) is 0. The number of carboxylic acid groups (broad SMARTS) is 1. The lowest BCUT2D eigenvalue weighted by molar-refractivity contribution is -0.232. The molecule has 0 heterocycles. The smallest absolute Gasteiger partial charge is 0.309 e. The first-order valence-corrected chi connectivity index (χ1v) is 17.0. The van der Waals surface area contributed by atoms with Crippen molar-refractivity contribution in [3.05, 3.63) is 11.6 Å². The van der Waals surface area contributed by atoms with Gasteiger partial charge in [-0.05, 0) is 111 Å². The van der Waals surface area contributed by atoms with Crippen LogP contribution < -0.4 is 0 Å². The highest BCUT2D eigenvalue weighted by molar-refractivity contribution is 5.96. The molecule has 0 radical (unpaired) electrons. The molecule has 13 atom stereocenters. The van der Waals surface area contributed by atoms with Crippen LogP contribution in [0.5, 0.6) is 0 Å². The number of Topliss-reactive ketones (excluding diaryl/α,β-unsaturated/α-hetero) is 1. The quantitative estimate of drug-likeness (QED) is 0.255. The van der Waals surface area contributed by atoms with Gasteiger partial charge >= 0.3 is 5.97 Å². The molecule has 0 bridgehead atoms. The number of carbonyl (C=O) groups excluding carboxylic acids is 2. The zero-order valence-corrected chi connectivity index (χ0v) is 28.4. The number of aliphatic hydroxyl groups excluding tert-OH is 4. The van der Waals surface area contributed by atoms with E-state index in [0.717, 1.165) is 24.8 Å². The molecule has 0 aliphatic heterocycles. The number of fused-ring (bicyclic) bond motifs is 7. The van der Waals surface area contributed by atoms with E-state index in [4.69, 9.17) is 0 Å². The van der Waals surface area contributed by atoms with Gasteiger partial charge in [-0.15, -0.1) is 0 Å². The van der Waals surface area contributed by atoms with Gasteiger partial charge in [0.05, 0.1) is 11.5 Å². The number of carbonyl (C=O) groups is 3. The number of aliphatic hydroxyl groups is 5. The van der Waals surface area contributed by atoms with E-state index < -0.39 is 63.4 Å². The Balaban J connectivity index is 1.53. The van der Waals surface area contributed by atoms with E-state index in [2.05, 4.69) is 27.7 Å². The Morgan fingerprint density at radius 1 is 0.844 bits per heavy atom. The van der Waals surface area contributed by atoms with Crippen LogP contribution in [0, 0.1) is 50.2 Å². The van der Waals surface area contributed by atoms with Crippen molar-refractivity contribution in [1.82, 2.24) is 0 Å². The molecule has 0 saturated heterocycles. The number of ketones is 2. The molecule has 0 aromatic heterocycles. The van der Waals surface area contributed by atoms with Crippen LogP contribution in [-0.2, 0) is 14.4 Å². The number of aliphatic carboxylic acids is 1. The van der Waals surface area contributed by atoms with Gasteiger partial charge in [-0.3, -0.25) is 14.4 Å². The van der Waals surface area contributed by atoms with E-state index >= 15 is 0 Å². The standard InChI is InChI=1S/C36H56O9/c1-19(37)24(39)25(40)26(41)28(42)36(45)16-14-33(6)23(30(36,2)3)9-10-35(8)27(33)22(38)17-20-21-18-32(5,29(43)44)12-11-31(21,4)13-15-34(20,35)7/h17,19,21,23-27,37,39-41,45H,9-16,18H2,1-8H3,(H,43,44)/t19-,21-,23?,24-,25+,26-,27-,31-,32+,33+,34-,35-,36-/m1/s1. The number of allylic oxidation sites excluding steroid dienone is 2. The fourth-order valence-electron chi connectivity index (χ4n) is 11.6. The summed E-state index contributed by atoms with van der Waals surface area (Å²) in [5.74, 6) is -2.34. The van der Waals surface area contributed by atoms with Crippen molar-refractivity contribution >= 4 is 17.5 Å². The van der Waals surface area contributed by atoms with Crippen LogP contribution in [0.15, 0.2) is 11.6 Å². The Labute approximate surface area is 267 Å². The molecule has 0 spiro atoms. The van der Waals surface area contributed by atoms with Crippen LogP contribution in [0.3, 0.4) is 0 Å². The molecule has 6 N–H and O–H groups in total. The van der Waals surface area contributed by atoms with Crippen LogP contribution in [-0.4, -0.2) is 78.2 Å². The monoisotopic (exact) mass is 632 g/mol. The molecule has 1 unspecified atom stereocenters. The van der Waals surface area contributed by atoms with Crippen molar-refractivity contribution in [2.45, 2.75) is 143 Å². The molecule has 254 valence electrons. The van der Waals surface area contributed by atoms with E-state index in [1.807, 2.05) is 13.0 Å². The molecule has 4 saturated carbocycles. The van der Waals surface area contributed by atoms with Gasteiger partial charge in [0.25, 0.3) is 0 Å². The third-order valence-corrected chi connectivity index (χ3v) is 15.2. The van der Waals surface area contributed by atoms with Crippen molar-refractivity contribution in [2.24, 2.45) is 50.2 Å². The summed E-state index contributed by atoms with van der Waals surface area (Å²) in [4.78, 5) is 40.7. The predicted molar refractivity (Wildman–Crippen MR) is 167 cm³/mol. The Morgan fingerprint density at radius 3 is 2.02 bits per heavy atom.